The molecule has 4 heteroatoms. The average Bonchev–Trinajstić information content (AvgIpc) is 2.53. The fourth-order valence-electron chi connectivity index (χ4n) is 2.01. The highest BCUT2D eigenvalue weighted by molar-refractivity contribution is 6.31. The van der Waals surface area contributed by atoms with Crippen LogP contribution in [0.5, 0.6) is 5.75 Å². The maximum atomic E-state index is 11.9. The summed E-state index contributed by atoms with van der Waals surface area (Å²) in [6, 6.07) is 3.54. The number of ketones is 1. The van der Waals surface area contributed by atoms with E-state index in [4.69, 9.17) is 21.1 Å². The molecule has 1 heterocycles. The lowest BCUT2D eigenvalue weighted by Gasteiger charge is -2.12. The molecule has 1 aromatic rings. The Morgan fingerprint density at radius 2 is 2.29 bits per heavy atom. The van der Waals surface area contributed by atoms with Gasteiger partial charge in [-0.2, -0.15) is 0 Å². The Balaban J connectivity index is 2.43. The number of halogens is 1. The van der Waals surface area contributed by atoms with Crippen LogP contribution in [0.1, 0.15) is 28.8 Å². The van der Waals surface area contributed by atoms with E-state index in [2.05, 4.69) is 0 Å². The van der Waals surface area contributed by atoms with Gasteiger partial charge >= 0.3 is 0 Å². The second-order valence-corrected chi connectivity index (χ2v) is 4.54. The molecule has 0 aromatic heterocycles. The van der Waals surface area contributed by atoms with Crippen LogP contribution < -0.4 is 4.74 Å². The van der Waals surface area contributed by atoms with Gasteiger partial charge in [-0.3, -0.25) is 4.79 Å². The van der Waals surface area contributed by atoms with Gasteiger partial charge in [-0.1, -0.05) is 11.6 Å². The van der Waals surface area contributed by atoms with E-state index in [0.29, 0.717) is 22.9 Å². The predicted octanol–water partition coefficient (Wildman–Crippen LogP) is 2.88. The first kappa shape index (κ1) is 12.4. The molecule has 3 nitrogen and oxygen atoms in total. The van der Waals surface area contributed by atoms with Crippen molar-refractivity contribution in [2.75, 3.05) is 20.3 Å². The smallest absolute Gasteiger partial charge is 0.192 e. The summed E-state index contributed by atoms with van der Waals surface area (Å²) >= 11 is 6.03. The lowest BCUT2D eigenvalue weighted by atomic mass is 10.0. The fourth-order valence-corrected chi connectivity index (χ4v) is 2.25. The summed E-state index contributed by atoms with van der Waals surface area (Å²) in [7, 11) is 1.50. The van der Waals surface area contributed by atoms with Crippen molar-refractivity contribution >= 4 is 17.4 Å². The summed E-state index contributed by atoms with van der Waals surface area (Å²) in [5.41, 5.74) is 1.56. The molecule has 0 fully saturated rings. The molecule has 1 aliphatic heterocycles. The van der Waals surface area contributed by atoms with Gasteiger partial charge in [0.25, 0.3) is 0 Å². The number of Topliss-reactive ketones (excluding diaryl/α,β-unsaturated/α-hetero) is 1. The van der Waals surface area contributed by atoms with Gasteiger partial charge in [-0.05, 0) is 37.0 Å². The van der Waals surface area contributed by atoms with E-state index >= 15 is 0 Å². The molecule has 0 radical (unpaired) electrons. The Hall–Kier alpha value is -1.06. The summed E-state index contributed by atoms with van der Waals surface area (Å²) in [6.07, 6.45) is 2.97. The lowest BCUT2D eigenvalue weighted by molar-refractivity contribution is 0.0844. The molecule has 0 saturated heterocycles. The van der Waals surface area contributed by atoms with Crippen molar-refractivity contribution in [3.8, 4) is 5.75 Å². The molecule has 1 aliphatic rings. The van der Waals surface area contributed by atoms with Gasteiger partial charge < -0.3 is 9.47 Å². The molecule has 0 bridgehead atoms. The van der Waals surface area contributed by atoms with Crippen molar-refractivity contribution in [2.45, 2.75) is 19.3 Å². The monoisotopic (exact) mass is 254 g/mol. The maximum absolute atomic E-state index is 11.9. The van der Waals surface area contributed by atoms with E-state index in [1.807, 2.05) is 6.07 Å². The minimum absolute atomic E-state index is 0.0517. The second kappa shape index (κ2) is 5.52. The van der Waals surface area contributed by atoms with Crippen LogP contribution in [-0.4, -0.2) is 26.1 Å². The molecule has 17 heavy (non-hydrogen) atoms. The molecular weight excluding hydrogens is 240 g/mol. The van der Waals surface area contributed by atoms with Crippen molar-refractivity contribution < 1.29 is 14.3 Å². The van der Waals surface area contributed by atoms with E-state index in [1.165, 1.54) is 7.11 Å². The average molecular weight is 255 g/mol. The highest BCUT2D eigenvalue weighted by Crippen LogP contribution is 2.32. The summed E-state index contributed by atoms with van der Waals surface area (Å²) < 4.78 is 10.5. The number of ether oxygens (including phenoxy) is 2. The molecule has 0 spiro atoms. The third-order valence-electron chi connectivity index (χ3n) is 2.79. The van der Waals surface area contributed by atoms with Crippen molar-refractivity contribution in [3.05, 3.63) is 28.3 Å². The Kier molecular flexibility index (Phi) is 4.02. The minimum atomic E-state index is -0.0897. The summed E-state index contributed by atoms with van der Waals surface area (Å²) in [6.45, 7) is 0.706. The number of hydrogen-bond acceptors (Lipinski definition) is 3. The fraction of sp³-hybridized carbons (Fsp3) is 0.462. The molecule has 0 atom stereocenters. The van der Waals surface area contributed by atoms with Crippen LogP contribution in [0.3, 0.4) is 0 Å². The number of methoxy groups -OCH3 is 1. The number of benzene rings is 1. The number of carbonyl (C=O) groups is 1. The third kappa shape index (κ3) is 2.79. The van der Waals surface area contributed by atoms with Gasteiger partial charge in [0.05, 0.1) is 12.2 Å². The summed E-state index contributed by atoms with van der Waals surface area (Å²) in [5.74, 6) is 0.599. The van der Waals surface area contributed by atoms with E-state index in [0.717, 1.165) is 24.8 Å². The van der Waals surface area contributed by atoms with Crippen LogP contribution in [-0.2, 0) is 11.2 Å². The van der Waals surface area contributed by atoms with Gasteiger partial charge in [0.1, 0.15) is 12.4 Å². The Morgan fingerprint density at radius 1 is 1.47 bits per heavy atom. The van der Waals surface area contributed by atoms with Gasteiger partial charge in [0.2, 0.25) is 0 Å². The predicted molar refractivity (Wildman–Crippen MR) is 66.1 cm³/mol. The molecule has 92 valence electrons. The molecule has 2 rings (SSSR count). The van der Waals surface area contributed by atoms with Crippen LogP contribution in [0, 0.1) is 0 Å². The quantitative estimate of drug-likeness (QED) is 0.778. The summed E-state index contributed by atoms with van der Waals surface area (Å²) in [5, 5.41) is 0.578. The highest BCUT2D eigenvalue weighted by atomic mass is 35.5. The molecule has 0 N–H and O–H groups in total. The van der Waals surface area contributed by atoms with Crippen molar-refractivity contribution in [3.63, 3.8) is 0 Å². The number of aryl methyl sites for hydroxylation is 1. The van der Waals surface area contributed by atoms with Crippen molar-refractivity contribution in [1.82, 2.24) is 0 Å². The van der Waals surface area contributed by atoms with E-state index < -0.39 is 0 Å². The Labute approximate surface area is 106 Å². The van der Waals surface area contributed by atoms with Gasteiger partial charge in [-0.15, -0.1) is 0 Å². The number of rotatable bonds is 3. The van der Waals surface area contributed by atoms with E-state index in [1.54, 1.807) is 6.07 Å². The van der Waals surface area contributed by atoms with Crippen LogP contribution >= 0.6 is 11.6 Å². The minimum Gasteiger partial charge on any atom is -0.493 e. The Morgan fingerprint density at radius 3 is 3.06 bits per heavy atom. The first-order valence-electron chi connectivity index (χ1n) is 5.69. The number of carbonyl (C=O) groups excluding carboxylic acids is 1. The SMILES string of the molecule is COCC(=O)c1cc(Cl)cc2c1OCCCC2. The Bertz CT molecular complexity index is 429. The first-order valence-corrected chi connectivity index (χ1v) is 6.07. The zero-order valence-electron chi connectivity index (χ0n) is 9.79. The number of fused-ring (bicyclic) bond motifs is 1. The first-order chi connectivity index (χ1) is 8.22. The van der Waals surface area contributed by atoms with Crippen molar-refractivity contribution in [1.29, 1.82) is 0 Å². The molecule has 0 saturated carbocycles. The van der Waals surface area contributed by atoms with Crippen LogP contribution in [0.4, 0.5) is 0 Å². The number of hydrogen-bond donors (Lipinski definition) is 0. The van der Waals surface area contributed by atoms with Crippen LogP contribution in [0.15, 0.2) is 12.1 Å². The highest BCUT2D eigenvalue weighted by Gasteiger charge is 2.19. The molecule has 0 aliphatic carbocycles. The maximum Gasteiger partial charge on any atom is 0.192 e. The molecule has 0 amide bonds. The second-order valence-electron chi connectivity index (χ2n) is 4.10. The van der Waals surface area contributed by atoms with Gasteiger partial charge in [0, 0.05) is 12.1 Å². The largest absolute Gasteiger partial charge is 0.493 e. The molecule has 1 aromatic carbocycles. The van der Waals surface area contributed by atoms with Gasteiger partial charge in [0.15, 0.2) is 5.78 Å². The van der Waals surface area contributed by atoms with Crippen LogP contribution in [0.25, 0.3) is 0 Å². The topological polar surface area (TPSA) is 35.5 Å². The summed E-state index contributed by atoms with van der Waals surface area (Å²) in [4.78, 5) is 11.9. The van der Waals surface area contributed by atoms with E-state index in [9.17, 15) is 4.79 Å². The lowest BCUT2D eigenvalue weighted by Crippen LogP contribution is -2.10. The van der Waals surface area contributed by atoms with Gasteiger partial charge in [-0.25, -0.2) is 0 Å². The standard InChI is InChI=1S/C13H15ClO3/c1-16-8-12(15)11-7-10(14)6-9-4-2-3-5-17-13(9)11/h6-7H,2-5,8H2,1H3. The zero-order valence-corrected chi connectivity index (χ0v) is 10.5. The van der Waals surface area contributed by atoms with Crippen molar-refractivity contribution in [2.24, 2.45) is 0 Å². The zero-order chi connectivity index (χ0) is 12.3. The molecule has 0 unspecified atom stereocenters. The third-order valence-corrected chi connectivity index (χ3v) is 3.01. The molecular formula is C13H15ClO3. The van der Waals surface area contributed by atoms with E-state index in [-0.39, 0.29) is 12.4 Å². The van der Waals surface area contributed by atoms with Crippen LogP contribution in [0.2, 0.25) is 5.02 Å². The normalized spacial score (nSPS) is 14.7.